The fourth-order valence-electron chi connectivity index (χ4n) is 2.02. The zero-order valence-corrected chi connectivity index (χ0v) is 8.83. The molecular weight excluding hydrogens is 198 g/mol. The second-order valence-corrected chi connectivity index (χ2v) is 3.62. The maximum absolute atomic E-state index is 9.16. The van der Waals surface area contributed by atoms with Crippen LogP contribution in [0.4, 0.5) is 0 Å². The molecule has 0 unspecified atom stereocenters. The molecular formula is C11H16ClNO. The number of nitrogens with one attached hydrogen (secondary N) is 1. The molecule has 2 rings (SSSR count). The van der Waals surface area contributed by atoms with Crippen LogP contribution in [-0.4, -0.2) is 24.8 Å². The zero-order valence-electron chi connectivity index (χ0n) is 8.02. The lowest BCUT2D eigenvalue weighted by molar-refractivity contribution is 0.226. The average molecular weight is 214 g/mol. The summed E-state index contributed by atoms with van der Waals surface area (Å²) in [6.07, 6.45) is 0. The van der Waals surface area contributed by atoms with Crippen molar-refractivity contribution in [3.8, 4) is 0 Å². The van der Waals surface area contributed by atoms with E-state index in [1.54, 1.807) is 0 Å². The Morgan fingerprint density at radius 3 is 2.57 bits per heavy atom. The van der Waals surface area contributed by atoms with Crippen LogP contribution < -0.4 is 5.32 Å². The van der Waals surface area contributed by atoms with Gasteiger partial charge in [-0.3, -0.25) is 0 Å². The van der Waals surface area contributed by atoms with Crippen molar-refractivity contribution in [1.29, 1.82) is 0 Å². The van der Waals surface area contributed by atoms with Crippen molar-refractivity contribution >= 4 is 12.4 Å². The van der Waals surface area contributed by atoms with Crippen molar-refractivity contribution in [2.24, 2.45) is 5.92 Å². The van der Waals surface area contributed by atoms with Crippen molar-refractivity contribution in [2.45, 2.75) is 5.92 Å². The van der Waals surface area contributed by atoms with Gasteiger partial charge in [0.2, 0.25) is 0 Å². The van der Waals surface area contributed by atoms with Crippen molar-refractivity contribution in [1.82, 2.24) is 5.32 Å². The summed E-state index contributed by atoms with van der Waals surface area (Å²) in [4.78, 5) is 0. The second-order valence-electron chi connectivity index (χ2n) is 3.62. The number of hydrogen-bond acceptors (Lipinski definition) is 2. The van der Waals surface area contributed by atoms with Gasteiger partial charge in [0.15, 0.2) is 0 Å². The third-order valence-electron chi connectivity index (χ3n) is 2.80. The summed E-state index contributed by atoms with van der Waals surface area (Å²) in [7, 11) is 0. The van der Waals surface area contributed by atoms with Gasteiger partial charge in [-0.2, -0.15) is 0 Å². The van der Waals surface area contributed by atoms with Gasteiger partial charge in [-0.25, -0.2) is 0 Å². The van der Waals surface area contributed by atoms with E-state index in [1.807, 2.05) is 6.07 Å². The van der Waals surface area contributed by atoms with E-state index < -0.39 is 0 Å². The molecule has 14 heavy (non-hydrogen) atoms. The molecule has 0 radical (unpaired) electrons. The van der Waals surface area contributed by atoms with Crippen LogP contribution in [0.5, 0.6) is 0 Å². The first-order chi connectivity index (χ1) is 6.42. The van der Waals surface area contributed by atoms with Gasteiger partial charge in [-0.15, -0.1) is 12.4 Å². The minimum Gasteiger partial charge on any atom is -0.396 e. The van der Waals surface area contributed by atoms with Crippen LogP contribution in [0.25, 0.3) is 0 Å². The molecule has 0 spiro atoms. The standard InChI is InChI=1S/C11H15NO.ClH/c13-8-10-6-12-7-11(10)9-4-2-1-3-5-9;/h1-5,10-13H,6-8H2;1H/t10-,11-;/m1./s1. The van der Waals surface area contributed by atoms with Gasteiger partial charge in [-0.05, 0) is 5.56 Å². The Labute approximate surface area is 90.7 Å². The SMILES string of the molecule is Cl.OC[C@H]1CNC[C@@H]1c1ccccc1. The molecule has 0 amide bonds. The molecule has 1 aromatic carbocycles. The molecule has 0 aromatic heterocycles. The van der Waals surface area contributed by atoms with Crippen molar-refractivity contribution in [3.05, 3.63) is 35.9 Å². The van der Waals surface area contributed by atoms with Gasteiger partial charge in [0.1, 0.15) is 0 Å². The Kier molecular flexibility index (Phi) is 4.39. The number of hydrogen-bond donors (Lipinski definition) is 2. The molecule has 2 nitrogen and oxygen atoms in total. The predicted molar refractivity (Wildman–Crippen MR) is 59.9 cm³/mol. The lowest BCUT2D eigenvalue weighted by atomic mass is 9.90. The first-order valence-corrected chi connectivity index (χ1v) is 4.78. The molecule has 3 heteroatoms. The fourth-order valence-corrected chi connectivity index (χ4v) is 2.02. The van der Waals surface area contributed by atoms with Gasteiger partial charge in [0, 0.05) is 31.5 Å². The minimum absolute atomic E-state index is 0. The predicted octanol–water partition coefficient (Wildman–Crippen LogP) is 1.40. The van der Waals surface area contributed by atoms with Gasteiger partial charge >= 0.3 is 0 Å². The van der Waals surface area contributed by atoms with Crippen LogP contribution in [-0.2, 0) is 0 Å². The molecule has 78 valence electrons. The highest BCUT2D eigenvalue weighted by atomic mass is 35.5. The number of rotatable bonds is 2. The Balaban J connectivity index is 0.000000980. The van der Waals surface area contributed by atoms with E-state index >= 15 is 0 Å². The first-order valence-electron chi connectivity index (χ1n) is 4.78. The van der Waals surface area contributed by atoms with E-state index in [1.165, 1.54) is 5.56 Å². The highest BCUT2D eigenvalue weighted by molar-refractivity contribution is 5.85. The van der Waals surface area contributed by atoms with Crippen LogP contribution in [0, 0.1) is 5.92 Å². The van der Waals surface area contributed by atoms with Gasteiger partial charge in [-0.1, -0.05) is 30.3 Å². The monoisotopic (exact) mass is 213 g/mol. The molecule has 1 aliphatic heterocycles. The van der Waals surface area contributed by atoms with E-state index in [4.69, 9.17) is 5.11 Å². The highest BCUT2D eigenvalue weighted by Gasteiger charge is 2.27. The maximum atomic E-state index is 9.16. The summed E-state index contributed by atoms with van der Waals surface area (Å²) >= 11 is 0. The third kappa shape index (κ3) is 2.27. The second kappa shape index (κ2) is 5.35. The smallest absolute Gasteiger partial charge is 0.0477 e. The van der Waals surface area contributed by atoms with Crippen LogP contribution in [0.2, 0.25) is 0 Å². The quantitative estimate of drug-likeness (QED) is 0.779. The average Bonchev–Trinajstić information content (AvgIpc) is 2.67. The lowest BCUT2D eigenvalue weighted by Crippen LogP contribution is -2.14. The topological polar surface area (TPSA) is 32.3 Å². The molecule has 1 aliphatic rings. The first kappa shape index (κ1) is 11.5. The number of aliphatic hydroxyl groups is 1. The van der Waals surface area contributed by atoms with Crippen LogP contribution in [0.15, 0.2) is 30.3 Å². The third-order valence-corrected chi connectivity index (χ3v) is 2.80. The van der Waals surface area contributed by atoms with Gasteiger partial charge < -0.3 is 10.4 Å². The molecule has 0 bridgehead atoms. The van der Waals surface area contributed by atoms with Gasteiger partial charge in [0.25, 0.3) is 0 Å². The van der Waals surface area contributed by atoms with E-state index in [0.29, 0.717) is 11.8 Å². The van der Waals surface area contributed by atoms with Crippen molar-refractivity contribution in [2.75, 3.05) is 19.7 Å². The fraction of sp³-hybridized carbons (Fsp3) is 0.455. The molecule has 1 heterocycles. The van der Waals surface area contributed by atoms with Crippen LogP contribution >= 0.6 is 12.4 Å². The summed E-state index contributed by atoms with van der Waals surface area (Å²) in [5, 5.41) is 12.5. The van der Waals surface area contributed by atoms with Crippen LogP contribution in [0.1, 0.15) is 11.5 Å². The Bertz CT molecular complexity index is 265. The number of halogens is 1. The van der Waals surface area contributed by atoms with E-state index in [-0.39, 0.29) is 19.0 Å². The summed E-state index contributed by atoms with van der Waals surface area (Å²) < 4.78 is 0. The summed E-state index contributed by atoms with van der Waals surface area (Å²) in [6.45, 7) is 2.22. The number of aliphatic hydroxyl groups excluding tert-OH is 1. The molecule has 2 atom stereocenters. The molecule has 1 saturated heterocycles. The maximum Gasteiger partial charge on any atom is 0.0477 e. The Hall–Kier alpha value is -0.570. The minimum atomic E-state index is 0. The Morgan fingerprint density at radius 1 is 1.21 bits per heavy atom. The Morgan fingerprint density at radius 2 is 1.93 bits per heavy atom. The largest absolute Gasteiger partial charge is 0.396 e. The van der Waals surface area contributed by atoms with Crippen molar-refractivity contribution < 1.29 is 5.11 Å². The molecule has 0 saturated carbocycles. The molecule has 0 aliphatic carbocycles. The summed E-state index contributed by atoms with van der Waals surface area (Å²) in [5.74, 6) is 0.883. The van der Waals surface area contributed by atoms with E-state index in [0.717, 1.165) is 13.1 Å². The summed E-state index contributed by atoms with van der Waals surface area (Å²) in [6, 6.07) is 10.4. The normalized spacial score (nSPS) is 25.8. The van der Waals surface area contributed by atoms with E-state index in [9.17, 15) is 0 Å². The van der Waals surface area contributed by atoms with Crippen LogP contribution in [0.3, 0.4) is 0 Å². The van der Waals surface area contributed by atoms with Gasteiger partial charge in [0.05, 0.1) is 0 Å². The van der Waals surface area contributed by atoms with Crippen molar-refractivity contribution in [3.63, 3.8) is 0 Å². The zero-order chi connectivity index (χ0) is 9.10. The summed E-state index contributed by atoms with van der Waals surface area (Å²) in [5.41, 5.74) is 1.34. The molecule has 1 aromatic rings. The molecule has 2 N–H and O–H groups in total. The molecule has 1 fully saturated rings. The number of benzene rings is 1. The van der Waals surface area contributed by atoms with E-state index in [2.05, 4.69) is 29.6 Å². The highest BCUT2D eigenvalue weighted by Crippen LogP contribution is 2.27. The lowest BCUT2D eigenvalue weighted by Gasteiger charge is -2.15.